The summed E-state index contributed by atoms with van der Waals surface area (Å²) < 4.78 is 150. The van der Waals surface area contributed by atoms with Gasteiger partial charge in [0.2, 0.25) is 10.0 Å². The Labute approximate surface area is 267 Å². The molecule has 3 aromatic carbocycles. The number of hydrogen-bond acceptors (Lipinski definition) is 5. The van der Waals surface area contributed by atoms with E-state index in [9.17, 15) is 57.5 Å². The Balaban J connectivity index is 1.97. The SMILES string of the molecule is CCC(=O)c1c(-c2ccc(F)cc2)oc2cc(N(CCC(F)(F)F)S(C)(=O)=O)c(-c3cccc(C(=O)NCC(F)(F)C(F)(F)F)c3)cc12. The van der Waals surface area contributed by atoms with Gasteiger partial charge in [-0.1, -0.05) is 19.1 Å². The maximum Gasteiger partial charge on any atom is 0.455 e. The number of fused-ring (bicyclic) bond motifs is 1. The van der Waals surface area contributed by atoms with E-state index in [2.05, 4.69) is 0 Å². The largest absolute Gasteiger partial charge is 0.455 e. The molecule has 4 aromatic rings. The number of anilines is 1. The Hall–Kier alpha value is -4.54. The van der Waals surface area contributed by atoms with E-state index in [-0.39, 0.29) is 45.4 Å². The van der Waals surface area contributed by atoms with Crippen LogP contribution in [0.5, 0.6) is 0 Å². The molecule has 7 nitrogen and oxygen atoms in total. The molecule has 0 saturated carbocycles. The average Bonchev–Trinajstić information content (AvgIpc) is 3.36. The number of nitrogens with one attached hydrogen (secondary N) is 1. The molecule has 17 heteroatoms. The van der Waals surface area contributed by atoms with Gasteiger partial charge in [0.25, 0.3) is 5.91 Å². The number of ketones is 1. The number of benzene rings is 3. The zero-order valence-corrected chi connectivity index (χ0v) is 25.7. The van der Waals surface area contributed by atoms with Crippen LogP contribution in [0.4, 0.5) is 45.2 Å². The predicted molar refractivity (Wildman–Crippen MR) is 158 cm³/mol. The molecule has 0 bridgehead atoms. The van der Waals surface area contributed by atoms with Gasteiger partial charge in [-0.25, -0.2) is 12.8 Å². The van der Waals surface area contributed by atoms with Gasteiger partial charge in [0.05, 0.1) is 30.5 Å². The molecule has 0 unspecified atom stereocenters. The smallest absolute Gasteiger partial charge is 0.455 e. The van der Waals surface area contributed by atoms with Crippen LogP contribution in [-0.4, -0.2) is 57.7 Å². The Kier molecular flexibility index (Phi) is 9.96. The van der Waals surface area contributed by atoms with Crippen LogP contribution in [0.25, 0.3) is 33.4 Å². The van der Waals surface area contributed by atoms with Crippen LogP contribution in [-0.2, 0) is 10.0 Å². The van der Waals surface area contributed by atoms with Gasteiger partial charge in [0.1, 0.15) is 17.2 Å². The van der Waals surface area contributed by atoms with Crippen molar-refractivity contribution in [2.45, 2.75) is 38.0 Å². The van der Waals surface area contributed by atoms with Gasteiger partial charge in [0.15, 0.2) is 5.78 Å². The molecular weight excluding hydrogens is 683 g/mol. The predicted octanol–water partition coefficient (Wildman–Crippen LogP) is 8.14. The maximum absolute atomic E-state index is 13.7. The van der Waals surface area contributed by atoms with Crippen LogP contribution >= 0.6 is 0 Å². The lowest BCUT2D eigenvalue weighted by molar-refractivity contribution is -0.278. The zero-order valence-electron chi connectivity index (χ0n) is 24.9. The third kappa shape index (κ3) is 7.94. The lowest BCUT2D eigenvalue weighted by atomic mass is 9.95. The number of amides is 1. The fourth-order valence-corrected chi connectivity index (χ4v) is 5.67. The second-order valence-electron chi connectivity index (χ2n) is 10.6. The molecule has 0 spiro atoms. The molecule has 0 saturated heterocycles. The fraction of sp³-hybridized carbons (Fsp3) is 0.290. The van der Waals surface area contributed by atoms with Crippen molar-refractivity contribution in [1.29, 1.82) is 0 Å². The van der Waals surface area contributed by atoms with Crippen molar-refractivity contribution in [1.82, 2.24) is 5.32 Å². The lowest BCUT2D eigenvalue weighted by Gasteiger charge is -2.26. The summed E-state index contributed by atoms with van der Waals surface area (Å²) in [4.78, 5) is 25.8. The lowest BCUT2D eigenvalue weighted by Crippen LogP contribution is -2.46. The number of carbonyl (C=O) groups is 2. The Morgan fingerprint density at radius 2 is 1.54 bits per heavy atom. The zero-order chi connectivity index (χ0) is 35.8. The summed E-state index contributed by atoms with van der Waals surface area (Å²) in [5.74, 6) is -7.78. The van der Waals surface area contributed by atoms with Crippen molar-refractivity contribution >= 4 is 38.4 Å². The van der Waals surface area contributed by atoms with E-state index in [0.29, 0.717) is 10.6 Å². The van der Waals surface area contributed by atoms with Gasteiger partial charge in [0, 0.05) is 41.1 Å². The first-order valence-corrected chi connectivity index (χ1v) is 15.7. The van der Waals surface area contributed by atoms with E-state index in [1.807, 2.05) is 0 Å². The molecule has 1 amide bonds. The number of Topliss-reactive ketones (excluding diaryl/α,β-unsaturated/α-hetero) is 1. The molecule has 48 heavy (non-hydrogen) atoms. The molecule has 0 atom stereocenters. The highest BCUT2D eigenvalue weighted by atomic mass is 32.2. The highest BCUT2D eigenvalue weighted by Crippen LogP contribution is 2.43. The third-order valence-corrected chi connectivity index (χ3v) is 8.28. The summed E-state index contributed by atoms with van der Waals surface area (Å²) in [6, 6.07) is 11.6. The number of furan rings is 1. The molecule has 0 aliphatic heterocycles. The first kappa shape index (κ1) is 36.3. The monoisotopic (exact) mass is 708 g/mol. The second kappa shape index (κ2) is 13.2. The quantitative estimate of drug-likeness (QED) is 0.125. The van der Waals surface area contributed by atoms with Crippen molar-refractivity contribution < 1.29 is 61.9 Å². The second-order valence-corrected chi connectivity index (χ2v) is 12.5. The summed E-state index contributed by atoms with van der Waals surface area (Å²) in [5, 5.41) is 1.54. The highest BCUT2D eigenvalue weighted by Gasteiger charge is 2.57. The number of rotatable bonds is 11. The van der Waals surface area contributed by atoms with Crippen molar-refractivity contribution in [2.75, 3.05) is 23.7 Å². The minimum absolute atomic E-state index is 0.0311. The topological polar surface area (TPSA) is 96.7 Å². The molecule has 0 aliphatic carbocycles. The fourth-order valence-electron chi connectivity index (χ4n) is 4.74. The normalized spacial score (nSPS) is 12.7. The van der Waals surface area contributed by atoms with Crippen LogP contribution < -0.4 is 9.62 Å². The molecule has 1 N–H and O–H groups in total. The van der Waals surface area contributed by atoms with Crippen molar-refractivity contribution in [3.8, 4) is 22.5 Å². The van der Waals surface area contributed by atoms with Gasteiger partial charge >= 0.3 is 18.3 Å². The molecule has 0 aliphatic rings. The highest BCUT2D eigenvalue weighted by molar-refractivity contribution is 7.92. The van der Waals surface area contributed by atoms with Gasteiger partial charge < -0.3 is 9.73 Å². The summed E-state index contributed by atoms with van der Waals surface area (Å²) in [6.07, 6.45) is -11.8. The number of carbonyl (C=O) groups excluding carboxylic acids is 2. The minimum Gasteiger partial charge on any atom is -0.455 e. The van der Waals surface area contributed by atoms with Crippen LogP contribution in [0.2, 0.25) is 0 Å². The van der Waals surface area contributed by atoms with E-state index >= 15 is 0 Å². The molecule has 4 rings (SSSR count). The Morgan fingerprint density at radius 3 is 2.10 bits per heavy atom. The van der Waals surface area contributed by atoms with Gasteiger partial charge in [-0.3, -0.25) is 13.9 Å². The van der Waals surface area contributed by atoms with Crippen molar-refractivity contribution in [3.63, 3.8) is 0 Å². The van der Waals surface area contributed by atoms with Crippen molar-refractivity contribution in [3.05, 3.63) is 77.6 Å². The van der Waals surface area contributed by atoms with E-state index in [0.717, 1.165) is 30.3 Å². The molecule has 0 fully saturated rings. The number of nitrogens with zero attached hydrogens (tertiary/aromatic N) is 1. The number of alkyl halides is 8. The summed E-state index contributed by atoms with van der Waals surface area (Å²) >= 11 is 0. The van der Waals surface area contributed by atoms with Crippen LogP contribution in [0.3, 0.4) is 0 Å². The van der Waals surface area contributed by atoms with Crippen LogP contribution in [0.1, 0.15) is 40.5 Å². The van der Waals surface area contributed by atoms with Crippen LogP contribution in [0, 0.1) is 5.82 Å². The van der Waals surface area contributed by atoms with Gasteiger partial charge in [-0.2, -0.15) is 35.1 Å². The summed E-state index contributed by atoms with van der Waals surface area (Å²) in [7, 11) is -4.47. The van der Waals surface area contributed by atoms with Crippen LogP contribution in [0.15, 0.2) is 65.1 Å². The maximum atomic E-state index is 13.7. The van der Waals surface area contributed by atoms with Crippen molar-refractivity contribution in [2.24, 2.45) is 0 Å². The summed E-state index contributed by atoms with van der Waals surface area (Å²) in [5.41, 5.74) is -1.04. The Bertz CT molecular complexity index is 1950. The molecule has 1 aromatic heterocycles. The number of sulfonamides is 1. The van der Waals surface area contributed by atoms with Gasteiger partial charge in [-0.15, -0.1) is 0 Å². The molecule has 1 heterocycles. The number of hydrogen-bond donors (Lipinski definition) is 1. The van der Waals surface area contributed by atoms with E-state index in [1.165, 1.54) is 42.6 Å². The molecule has 0 radical (unpaired) electrons. The molecule has 258 valence electrons. The van der Waals surface area contributed by atoms with E-state index in [4.69, 9.17) is 4.42 Å². The van der Waals surface area contributed by atoms with E-state index in [1.54, 1.807) is 0 Å². The van der Waals surface area contributed by atoms with E-state index < -0.39 is 76.6 Å². The Morgan fingerprint density at radius 1 is 0.896 bits per heavy atom. The standard InChI is InChI=1S/C31H25F9N2O5S/c1-3-24(43)26-22-14-21(18-5-4-6-19(13-18)28(44)41-16-29(33,34)31(38,39)40)23(42(48(2,45)46)12-11-30(35,36)37)15-25(22)47-27(26)17-7-9-20(32)10-8-17/h4-10,13-15H,3,11-12,16H2,1-2H3,(H,41,44). The first-order valence-electron chi connectivity index (χ1n) is 13.9. The third-order valence-electron chi connectivity index (χ3n) is 7.10. The first-order chi connectivity index (χ1) is 22.1. The van der Waals surface area contributed by atoms with Gasteiger partial charge in [-0.05, 0) is 48.0 Å². The number of halogens is 9. The minimum atomic E-state index is -5.96. The summed E-state index contributed by atoms with van der Waals surface area (Å²) in [6.45, 7) is -1.68. The average molecular weight is 709 g/mol. The molecular formula is C31H25F9N2O5S.